The Morgan fingerprint density at radius 3 is 2.44 bits per heavy atom. The lowest BCUT2D eigenvalue weighted by Gasteiger charge is -2.33. The van der Waals surface area contributed by atoms with Gasteiger partial charge in [0, 0.05) is 25.3 Å². The summed E-state index contributed by atoms with van der Waals surface area (Å²) in [6, 6.07) is 7.84. The van der Waals surface area contributed by atoms with Gasteiger partial charge < -0.3 is 4.57 Å². The van der Waals surface area contributed by atoms with Crippen molar-refractivity contribution in [1.29, 1.82) is 0 Å². The third-order valence-corrected chi connectivity index (χ3v) is 8.34. The van der Waals surface area contributed by atoms with E-state index in [1.807, 2.05) is 6.07 Å². The van der Waals surface area contributed by atoms with Crippen molar-refractivity contribution in [3.05, 3.63) is 53.5 Å². The fraction of sp³-hybridized carbons (Fsp3) is 0.455. The van der Waals surface area contributed by atoms with E-state index in [9.17, 15) is 21.6 Å². The molecule has 5 rings (SSSR count). The van der Waals surface area contributed by atoms with Crippen LogP contribution in [0.5, 0.6) is 0 Å². The standard InChI is InChI=1S/C22H23F3N4O2S/c23-22(24,25)21-27-19-6-3-11-26-20(19)29(21)17-9-12-28(13-10-17)32(30,31)18-8-7-15-4-1-2-5-16(15)14-18/h3,6-8,11,14,17H,1-2,4-5,9-10,12-13H2. The van der Waals surface area contributed by atoms with Crippen LogP contribution in [0, 0.1) is 0 Å². The van der Waals surface area contributed by atoms with E-state index < -0.39 is 28.1 Å². The van der Waals surface area contributed by atoms with Gasteiger partial charge in [0.1, 0.15) is 5.52 Å². The molecule has 0 N–H and O–H groups in total. The number of alkyl halides is 3. The lowest BCUT2D eigenvalue weighted by atomic mass is 9.92. The molecule has 0 amide bonds. The van der Waals surface area contributed by atoms with Crippen LogP contribution in [0.25, 0.3) is 11.2 Å². The van der Waals surface area contributed by atoms with Crippen molar-refractivity contribution in [3.8, 4) is 0 Å². The first kappa shape index (κ1) is 21.4. The van der Waals surface area contributed by atoms with Gasteiger partial charge in [0.15, 0.2) is 5.65 Å². The van der Waals surface area contributed by atoms with Crippen molar-refractivity contribution in [2.45, 2.75) is 55.6 Å². The normalized spacial score (nSPS) is 18.7. The Morgan fingerprint density at radius 1 is 1.00 bits per heavy atom. The number of hydrogen-bond acceptors (Lipinski definition) is 4. The minimum Gasteiger partial charge on any atom is -0.302 e. The molecular formula is C22H23F3N4O2S. The molecule has 32 heavy (non-hydrogen) atoms. The Kier molecular flexibility index (Phi) is 5.24. The Hall–Kier alpha value is -2.46. The number of aryl methyl sites for hydroxylation is 2. The number of fused-ring (bicyclic) bond motifs is 2. The maximum absolute atomic E-state index is 13.6. The minimum absolute atomic E-state index is 0.147. The molecule has 2 aromatic heterocycles. The van der Waals surface area contributed by atoms with Crippen LogP contribution in [0.1, 0.15) is 48.7 Å². The van der Waals surface area contributed by atoms with Crippen molar-refractivity contribution in [1.82, 2.24) is 18.8 Å². The van der Waals surface area contributed by atoms with E-state index in [1.165, 1.54) is 22.1 Å². The van der Waals surface area contributed by atoms with Crippen molar-refractivity contribution in [2.24, 2.45) is 0 Å². The Bertz CT molecular complexity index is 1260. The number of halogens is 3. The molecule has 1 saturated heterocycles. The summed E-state index contributed by atoms with van der Waals surface area (Å²) in [7, 11) is -3.70. The van der Waals surface area contributed by atoms with Gasteiger partial charge in [0.2, 0.25) is 15.8 Å². The maximum atomic E-state index is 13.6. The van der Waals surface area contributed by atoms with Gasteiger partial charge in [-0.05, 0) is 73.9 Å². The van der Waals surface area contributed by atoms with Crippen LogP contribution in [-0.4, -0.2) is 40.3 Å². The predicted octanol–water partition coefficient (Wildman–Crippen LogP) is 4.35. The van der Waals surface area contributed by atoms with E-state index >= 15 is 0 Å². The Balaban J connectivity index is 1.40. The van der Waals surface area contributed by atoms with Crippen LogP contribution < -0.4 is 0 Å². The highest BCUT2D eigenvalue weighted by Gasteiger charge is 2.41. The van der Waals surface area contributed by atoms with E-state index in [1.54, 1.807) is 18.2 Å². The first-order valence-corrected chi connectivity index (χ1v) is 12.2. The van der Waals surface area contributed by atoms with Gasteiger partial charge in [-0.1, -0.05) is 6.07 Å². The molecule has 0 bridgehead atoms. The molecule has 1 aliphatic heterocycles. The fourth-order valence-corrected chi connectivity index (χ4v) is 6.36. The summed E-state index contributed by atoms with van der Waals surface area (Å²) < 4.78 is 69.9. The quantitative estimate of drug-likeness (QED) is 0.578. The number of hydrogen-bond donors (Lipinski definition) is 0. The maximum Gasteiger partial charge on any atom is 0.449 e. The number of rotatable bonds is 3. The number of aromatic nitrogens is 3. The number of sulfonamides is 1. The SMILES string of the molecule is O=S(=O)(c1ccc2c(c1)CCCC2)N1CCC(n2c(C(F)(F)F)nc3cccnc32)CC1. The molecule has 2 aliphatic rings. The minimum atomic E-state index is -4.62. The van der Waals surface area contributed by atoms with Gasteiger partial charge in [0.05, 0.1) is 4.90 Å². The number of piperidine rings is 1. The van der Waals surface area contributed by atoms with Crippen LogP contribution in [0.3, 0.4) is 0 Å². The monoisotopic (exact) mass is 464 g/mol. The van der Waals surface area contributed by atoms with Crippen LogP contribution in [0.2, 0.25) is 0 Å². The molecule has 0 atom stereocenters. The highest BCUT2D eigenvalue weighted by atomic mass is 32.2. The highest BCUT2D eigenvalue weighted by Crippen LogP contribution is 2.37. The van der Waals surface area contributed by atoms with Crippen LogP contribution in [0.15, 0.2) is 41.4 Å². The molecule has 1 fully saturated rings. The summed E-state index contributed by atoms with van der Waals surface area (Å²) in [4.78, 5) is 8.14. The summed E-state index contributed by atoms with van der Waals surface area (Å²) in [5, 5.41) is 0. The topological polar surface area (TPSA) is 68.1 Å². The first-order valence-electron chi connectivity index (χ1n) is 10.8. The van der Waals surface area contributed by atoms with Crippen molar-refractivity contribution < 1.29 is 21.6 Å². The van der Waals surface area contributed by atoms with E-state index in [4.69, 9.17) is 0 Å². The van der Waals surface area contributed by atoms with E-state index in [0.29, 0.717) is 0 Å². The van der Waals surface area contributed by atoms with Crippen LogP contribution >= 0.6 is 0 Å². The third kappa shape index (κ3) is 3.69. The second-order valence-corrected chi connectivity index (χ2v) is 10.4. The van der Waals surface area contributed by atoms with Gasteiger partial charge in [-0.15, -0.1) is 0 Å². The van der Waals surface area contributed by atoms with Crippen molar-refractivity contribution in [3.63, 3.8) is 0 Å². The lowest BCUT2D eigenvalue weighted by molar-refractivity contribution is -0.147. The molecule has 3 heterocycles. The van der Waals surface area contributed by atoms with Crippen molar-refractivity contribution in [2.75, 3.05) is 13.1 Å². The summed E-state index contributed by atoms with van der Waals surface area (Å²) in [5.74, 6) is -0.984. The number of pyridine rings is 1. The molecule has 0 saturated carbocycles. The summed E-state index contributed by atoms with van der Waals surface area (Å²) in [5.41, 5.74) is 2.64. The Labute approximate surface area is 184 Å². The van der Waals surface area contributed by atoms with Gasteiger partial charge in [0.25, 0.3) is 0 Å². The van der Waals surface area contributed by atoms with Gasteiger partial charge in [-0.3, -0.25) is 0 Å². The molecule has 3 aromatic rings. The second kappa shape index (κ2) is 7.84. The molecule has 0 unspecified atom stereocenters. The van der Waals surface area contributed by atoms with Crippen molar-refractivity contribution >= 4 is 21.2 Å². The van der Waals surface area contributed by atoms with Crippen LogP contribution in [0.4, 0.5) is 13.2 Å². The number of benzene rings is 1. The van der Waals surface area contributed by atoms with Gasteiger partial charge in [-0.2, -0.15) is 17.5 Å². The summed E-state index contributed by atoms with van der Waals surface area (Å²) in [6.07, 6.45) is 1.35. The molecule has 6 nitrogen and oxygen atoms in total. The average molecular weight is 465 g/mol. The van der Waals surface area contributed by atoms with Gasteiger partial charge in [-0.25, -0.2) is 18.4 Å². The molecule has 170 valence electrons. The van der Waals surface area contributed by atoms with Gasteiger partial charge >= 0.3 is 6.18 Å². The summed E-state index contributed by atoms with van der Waals surface area (Å²) in [6.45, 7) is 0.293. The molecular weight excluding hydrogens is 441 g/mol. The first-order chi connectivity index (χ1) is 15.2. The van der Waals surface area contributed by atoms with Crippen LogP contribution in [-0.2, 0) is 29.0 Å². The average Bonchev–Trinajstić information content (AvgIpc) is 3.19. The molecule has 1 aliphatic carbocycles. The molecule has 0 spiro atoms. The molecule has 1 aromatic carbocycles. The predicted molar refractivity (Wildman–Crippen MR) is 113 cm³/mol. The number of imidazole rings is 1. The second-order valence-electron chi connectivity index (χ2n) is 8.42. The van der Waals surface area contributed by atoms with E-state index in [2.05, 4.69) is 9.97 Å². The van der Waals surface area contributed by atoms with E-state index in [-0.39, 0.29) is 42.0 Å². The van der Waals surface area contributed by atoms with E-state index in [0.717, 1.165) is 35.8 Å². The molecule has 10 heteroatoms. The zero-order valence-corrected chi connectivity index (χ0v) is 18.2. The lowest BCUT2D eigenvalue weighted by Crippen LogP contribution is -2.39. The zero-order chi connectivity index (χ0) is 22.5. The highest BCUT2D eigenvalue weighted by molar-refractivity contribution is 7.89. The summed E-state index contributed by atoms with van der Waals surface area (Å²) >= 11 is 0. The third-order valence-electron chi connectivity index (χ3n) is 6.45. The smallest absolute Gasteiger partial charge is 0.302 e. The number of nitrogens with zero attached hydrogens (tertiary/aromatic N) is 4. The fourth-order valence-electron chi connectivity index (χ4n) is 4.84. The largest absolute Gasteiger partial charge is 0.449 e. The molecule has 0 radical (unpaired) electrons. The zero-order valence-electron chi connectivity index (χ0n) is 17.3. The Morgan fingerprint density at radius 2 is 1.72 bits per heavy atom.